The number of fused-ring (bicyclic) bond motifs is 3. The number of H-pyrrole nitrogens is 2. The molecule has 0 atom stereocenters. The first-order valence-electron chi connectivity index (χ1n) is 9.78. The Hall–Kier alpha value is -4.52. The maximum Gasteiger partial charge on any atom is 0.271 e. The molecule has 0 saturated carbocycles. The Morgan fingerprint density at radius 2 is 1.26 bits per heavy atom. The lowest BCUT2D eigenvalue weighted by atomic mass is 10.0. The van der Waals surface area contributed by atoms with Crippen LogP contribution in [0.4, 0.5) is 5.69 Å². The van der Waals surface area contributed by atoms with E-state index in [0.29, 0.717) is 16.7 Å². The maximum atomic E-state index is 11.3. The molecule has 3 aromatic heterocycles. The van der Waals surface area contributed by atoms with E-state index >= 15 is 0 Å². The number of nitrogens with one attached hydrogen (secondary N) is 2. The van der Waals surface area contributed by atoms with Gasteiger partial charge in [0.25, 0.3) is 5.69 Å². The van der Waals surface area contributed by atoms with Crippen LogP contribution in [-0.4, -0.2) is 24.9 Å². The molecule has 148 valence electrons. The second-order valence-electron chi connectivity index (χ2n) is 7.35. The minimum absolute atomic E-state index is 0.00785. The lowest BCUT2D eigenvalue weighted by Crippen LogP contribution is -1.96. The summed E-state index contributed by atoms with van der Waals surface area (Å²) in [5.74, 6) is 0. The Balaban J connectivity index is 1.71. The third-order valence-electron chi connectivity index (χ3n) is 5.55. The van der Waals surface area contributed by atoms with Crippen LogP contribution in [0.2, 0.25) is 0 Å². The van der Waals surface area contributed by atoms with Crippen LogP contribution >= 0.6 is 0 Å². The fourth-order valence-corrected chi connectivity index (χ4v) is 4.07. The number of nitrogens with zero attached hydrogens (tertiary/aromatic N) is 3. The number of rotatable bonds is 3. The van der Waals surface area contributed by atoms with Crippen molar-refractivity contribution in [2.45, 2.75) is 0 Å². The van der Waals surface area contributed by atoms with Gasteiger partial charge in [-0.3, -0.25) is 10.1 Å². The molecule has 0 unspecified atom stereocenters. The van der Waals surface area contributed by atoms with Gasteiger partial charge in [-0.2, -0.15) is 0 Å². The number of para-hydroxylation sites is 2. The van der Waals surface area contributed by atoms with Crippen molar-refractivity contribution >= 4 is 38.5 Å². The molecule has 31 heavy (non-hydrogen) atoms. The van der Waals surface area contributed by atoms with Crippen molar-refractivity contribution in [3.05, 3.63) is 89.2 Å². The van der Waals surface area contributed by atoms with Gasteiger partial charge in [-0.1, -0.05) is 36.4 Å². The largest absolute Gasteiger partial charge is 0.360 e. The van der Waals surface area contributed by atoms with Crippen molar-refractivity contribution in [3.8, 4) is 22.5 Å². The average molecular weight is 405 g/mol. The van der Waals surface area contributed by atoms with E-state index in [1.807, 2.05) is 60.9 Å². The van der Waals surface area contributed by atoms with E-state index in [4.69, 9.17) is 9.97 Å². The van der Waals surface area contributed by atoms with Crippen molar-refractivity contribution in [1.29, 1.82) is 0 Å². The Bertz CT molecular complexity index is 1630. The maximum absolute atomic E-state index is 11.3. The molecule has 7 heteroatoms. The summed E-state index contributed by atoms with van der Waals surface area (Å²) >= 11 is 0. The van der Waals surface area contributed by atoms with Gasteiger partial charge in [0, 0.05) is 57.5 Å². The molecule has 0 aliphatic heterocycles. The van der Waals surface area contributed by atoms with Crippen molar-refractivity contribution in [2.24, 2.45) is 0 Å². The third-order valence-corrected chi connectivity index (χ3v) is 5.55. The van der Waals surface area contributed by atoms with Crippen molar-refractivity contribution in [1.82, 2.24) is 19.9 Å². The highest BCUT2D eigenvalue weighted by molar-refractivity contribution is 6.03. The fraction of sp³-hybridized carbons (Fsp3) is 0. The summed E-state index contributed by atoms with van der Waals surface area (Å²) < 4.78 is 0. The summed E-state index contributed by atoms with van der Waals surface area (Å²) in [7, 11) is 0. The number of nitro groups is 1. The molecular formula is C24H15N5O2. The van der Waals surface area contributed by atoms with Crippen molar-refractivity contribution in [2.75, 3.05) is 0 Å². The molecule has 7 nitrogen and oxygen atoms in total. The fourth-order valence-electron chi connectivity index (χ4n) is 4.07. The zero-order chi connectivity index (χ0) is 20.9. The van der Waals surface area contributed by atoms with Crippen LogP contribution in [0.25, 0.3) is 55.4 Å². The summed E-state index contributed by atoms with van der Waals surface area (Å²) in [6.45, 7) is 0. The second-order valence-corrected chi connectivity index (χ2v) is 7.35. The van der Waals surface area contributed by atoms with E-state index in [1.165, 1.54) is 12.1 Å². The lowest BCUT2D eigenvalue weighted by Gasteiger charge is -2.09. The summed E-state index contributed by atoms with van der Waals surface area (Å²) in [5.41, 5.74) is 6.31. The molecule has 0 amide bonds. The monoisotopic (exact) mass is 405 g/mol. The van der Waals surface area contributed by atoms with Crippen LogP contribution in [0.3, 0.4) is 0 Å². The summed E-state index contributed by atoms with van der Waals surface area (Å²) in [6.07, 6.45) is 3.85. The molecule has 0 aliphatic carbocycles. The van der Waals surface area contributed by atoms with E-state index in [2.05, 4.69) is 9.97 Å². The highest BCUT2D eigenvalue weighted by Gasteiger charge is 2.20. The quantitative estimate of drug-likeness (QED) is 0.285. The first-order chi connectivity index (χ1) is 15.2. The first kappa shape index (κ1) is 17.3. The number of aromatic amines is 2. The van der Waals surface area contributed by atoms with Crippen LogP contribution < -0.4 is 0 Å². The van der Waals surface area contributed by atoms with Gasteiger partial charge in [0.2, 0.25) is 0 Å². The van der Waals surface area contributed by atoms with Gasteiger partial charge in [0.05, 0.1) is 27.3 Å². The molecule has 3 heterocycles. The molecule has 0 aliphatic rings. The van der Waals surface area contributed by atoms with Crippen LogP contribution in [-0.2, 0) is 0 Å². The Labute approximate surface area is 175 Å². The Morgan fingerprint density at radius 1 is 0.710 bits per heavy atom. The van der Waals surface area contributed by atoms with Gasteiger partial charge >= 0.3 is 0 Å². The van der Waals surface area contributed by atoms with Gasteiger partial charge in [-0.15, -0.1) is 0 Å². The molecule has 3 aromatic carbocycles. The van der Waals surface area contributed by atoms with Crippen molar-refractivity contribution < 1.29 is 4.92 Å². The van der Waals surface area contributed by atoms with E-state index in [9.17, 15) is 10.1 Å². The molecule has 2 N–H and O–H groups in total. The van der Waals surface area contributed by atoms with Gasteiger partial charge in [-0.05, 0) is 18.2 Å². The van der Waals surface area contributed by atoms with E-state index in [0.717, 1.165) is 38.6 Å². The molecule has 0 radical (unpaired) electrons. The van der Waals surface area contributed by atoms with E-state index < -0.39 is 4.92 Å². The number of non-ortho nitro benzene ring substituents is 1. The molecule has 0 bridgehead atoms. The van der Waals surface area contributed by atoms with Gasteiger partial charge in [0.1, 0.15) is 0 Å². The number of hydrogen-bond donors (Lipinski definition) is 2. The average Bonchev–Trinajstić information content (AvgIpc) is 3.42. The Morgan fingerprint density at radius 3 is 1.84 bits per heavy atom. The third kappa shape index (κ3) is 2.67. The second kappa shape index (κ2) is 6.50. The summed E-state index contributed by atoms with van der Waals surface area (Å²) in [6, 6.07) is 20.6. The standard InChI is InChI=1S/C24H15N5O2/c30-29(31)14-9-10-21-22(11-14)28-24(18-13-26-20-8-4-2-6-16(18)20)23(27-21)17-12-25-19-7-3-1-5-15(17)19/h1-13,25-26H. The highest BCUT2D eigenvalue weighted by Crippen LogP contribution is 2.38. The van der Waals surface area contributed by atoms with Crippen LogP contribution in [0.1, 0.15) is 0 Å². The Kier molecular flexibility index (Phi) is 3.64. The molecule has 0 fully saturated rings. The van der Waals surface area contributed by atoms with E-state index in [-0.39, 0.29) is 5.69 Å². The molecule has 6 aromatic rings. The topological polar surface area (TPSA) is 100 Å². The zero-order valence-corrected chi connectivity index (χ0v) is 16.2. The van der Waals surface area contributed by atoms with Gasteiger partial charge < -0.3 is 9.97 Å². The molecule has 0 spiro atoms. The minimum atomic E-state index is -0.417. The van der Waals surface area contributed by atoms with E-state index in [1.54, 1.807) is 6.07 Å². The minimum Gasteiger partial charge on any atom is -0.360 e. The summed E-state index contributed by atoms with van der Waals surface area (Å²) in [5, 5.41) is 13.3. The number of benzene rings is 3. The van der Waals surface area contributed by atoms with Crippen molar-refractivity contribution in [3.63, 3.8) is 0 Å². The summed E-state index contributed by atoms with van der Waals surface area (Å²) in [4.78, 5) is 27.2. The highest BCUT2D eigenvalue weighted by atomic mass is 16.6. The van der Waals surface area contributed by atoms with Crippen LogP contribution in [0.5, 0.6) is 0 Å². The smallest absolute Gasteiger partial charge is 0.271 e. The zero-order valence-electron chi connectivity index (χ0n) is 16.2. The number of aromatic nitrogens is 4. The lowest BCUT2D eigenvalue weighted by molar-refractivity contribution is -0.384. The SMILES string of the molecule is O=[N+]([O-])c1ccc2nc(-c3c[nH]c4ccccc34)c(-c3c[nH]c4ccccc34)nc2c1. The predicted octanol–water partition coefficient (Wildman–Crippen LogP) is 5.83. The predicted molar refractivity (Wildman–Crippen MR) is 121 cm³/mol. The number of hydrogen-bond acceptors (Lipinski definition) is 4. The van der Waals surface area contributed by atoms with Gasteiger partial charge in [0.15, 0.2) is 0 Å². The number of nitro benzene ring substituents is 1. The molecular weight excluding hydrogens is 390 g/mol. The van der Waals surface area contributed by atoms with Crippen LogP contribution in [0, 0.1) is 10.1 Å². The first-order valence-corrected chi connectivity index (χ1v) is 9.78. The molecule has 6 rings (SSSR count). The molecule has 0 saturated heterocycles. The normalized spacial score (nSPS) is 11.5. The van der Waals surface area contributed by atoms with Gasteiger partial charge in [-0.25, -0.2) is 9.97 Å². The van der Waals surface area contributed by atoms with Crippen LogP contribution in [0.15, 0.2) is 79.1 Å².